The van der Waals surface area contributed by atoms with Gasteiger partial charge in [-0.2, -0.15) is 13.2 Å². The lowest BCUT2D eigenvalue weighted by molar-refractivity contribution is -0.164. The molecule has 0 atom stereocenters. The van der Waals surface area contributed by atoms with Gasteiger partial charge in [0.15, 0.2) is 6.61 Å². The highest BCUT2D eigenvalue weighted by molar-refractivity contribution is 7.92. The van der Waals surface area contributed by atoms with Crippen molar-refractivity contribution in [2.75, 3.05) is 24.1 Å². The van der Waals surface area contributed by atoms with Crippen molar-refractivity contribution in [3.63, 3.8) is 0 Å². The molecule has 0 fully saturated rings. The number of halogens is 3. The first-order chi connectivity index (χ1) is 13.9. The number of nitrogens with one attached hydrogen (secondary N) is 1. The quantitative estimate of drug-likeness (QED) is 0.632. The van der Waals surface area contributed by atoms with Crippen molar-refractivity contribution in [3.8, 4) is 0 Å². The highest BCUT2D eigenvalue weighted by Gasteiger charge is 2.33. The fourth-order valence-corrected chi connectivity index (χ4v) is 3.03. The Morgan fingerprint density at radius 1 is 1.07 bits per heavy atom. The average Bonchev–Trinajstić information content (AvgIpc) is 2.64. The van der Waals surface area contributed by atoms with Gasteiger partial charge in [0.1, 0.15) is 6.54 Å². The van der Waals surface area contributed by atoms with Crippen LogP contribution in [-0.2, 0) is 26.1 Å². The van der Waals surface area contributed by atoms with Gasteiger partial charge in [-0.25, -0.2) is 13.2 Å². The van der Waals surface area contributed by atoms with Crippen molar-refractivity contribution in [2.45, 2.75) is 12.7 Å². The van der Waals surface area contributed by atoms with Gasteiger partial charge < -0.3 is 9.64 Å². The van der Waals surface area contributed by atoms with Crippen LogP contribution in [0.15, 0.2) is 54.6 Å². The number of esters is 1. The van der Waals surface area contributed by atoms with Crippen LogP contribution in [0.2, 0.25) is 0 Å². The van der Waals surface area contributed by atoms with E-state index in [1.54, 1.807) is 30.3 Å². The van der Waals surface area contributed by atoms with Crippen molar-refractivity contribution in [1.82, 2.24) is 4.90 Å². The number of alkyl halides is 3. The van der Waals surface area contributed by atoms with Gasteiger partial charge in [0.05, 0.1) is 11.8 Å². The van der Waals surface area contributed by atoms with Crippen LogP contribution in [0.4, 0.5) is 18.9 Å². The van der Waals surface area contributed by atoms with E-state index < -0.39 is 41.2 Å². The van der Waals surface area contributed by atoms with Gasteiger partial charge in [-0.1, -0.05) is 36.4 Å². The minimum atomic E-state index is -4.62. The first-order valence-corrected chi connectivity index (χ1v) is 10.5. The van der Waals surface area contributed by atoms with Crippen molar-refractivity contribution in [1.29, 1.82) is 0 Å². The summed E-state index contributed by atoms with van der Waals surface area (Å²) >= 11 is 0. The summed E-state index contributed by atoms with van der Waals surface area (Å²) in [5, 5.41) is 0. The molecule has 0 aliphatic carbocycles. The molecule has 2 rings (SSSR count). The standard InChI is InChI=1S/C19H19F3N2O5S/c1-30(27,28)23-16-9-5-8-15(10-16)18(26)29-12-17(25)24(13-19(20,21)22)11-14-6-3-2-4-7-14/h2-10,23H,11-13H2,1H3. The summed E-state index contributed by atoms with van der Waals surface area (Å²) in [5.41, 5.74) is 0.518. The van der Waals surface area contributed by atoms with Gasteiger partial charge >= 0.3 is 12.1 Å². The van der Waals surface area contributed by atoms with Crippen LogP contribution >= 0.6 is 0 Å². The lowest BCUT2D eigenvalue weighted by atomic mass is 10.2. The number of sulfonamides is 1. The third kappa shape index (κ3) is 8.11. The molecule has 0 bridgehead atoms. The van der Waals surface area contributed by atoms with Crippen LogP contribution in [-0.4, -0.2) is 50.8 Å². The van der Waals surface area contributed by atoms with Gasteiger partial charge in [-0.3, -0.25) is 9.52 Å². The molecular formula is C19H19F3N2O5S. The van der Waals surface area contributed by atoms with Crippen LogP contribution in [0.1, 0.15) is 15.9 Å². The molecule has 0 saturated carbocycles. The maximum Gasteiger partial charge on any atom is 0.406 e. The van der Waals surface area contributed by atoms with E-state index in [4.69, 9.17) is 4.74 Å². The van der Waals surface area contributed by atoms with Gasteiger partial charge in [0.25, 0.3) is 5.91 Å². The van der Waals surface area contributed by atoms with E-state index in [9.17, 15) is 31.2 Å². The molecule has 162 valence electrons. The number of carbonyl (C=O) groups is 2. The Hall–Kier alpha value is -3.08. The van der Waals surface area contributed by atoms with Crippen molar-refractivity contribution >= 4 is 27.6 Å². The third-order valence-corrected chi connectivity index (χ3v) is 4.27. The number of hydrogen-bond donors (Lipinski definition) is 1. The predicted molar refractivity (Wildman–Crippen MR) is 103 cm³/mol. The maximum atomic E-state index is 12.9. The molecule has 0 saturated heterocycles. The Morgan fingerprint density at radius 3 is 2.33 bits per heavy atom. The van der Waals surface area contributed by atoms with Crippen molar-refractivity contribution < 1.29 is 35.9 Å². The zero-order valence-electron chi connectivity index (χ0n) is 15.8. The lowest BCUT2D eigenvalue weighted by Crippen LogP contribution is -2.40. The fourth-order valence-electron chi connectivity index (χ4n) is 2.48. The van der Waals surface area contributed by atoms with Crippen LogP contribution < -0.4 is 4.72 Å². The SMILES string of the molecule is CS(=O)(=O)Nc1cccc(C(=O)OCC(=O)N(Cc2ccccc2)CC(F)(F)F)c1. The Kier molecular flexibility index (Phi) is 7.43. The minimum Gasteiger partial charge on any atom is -0.452 e. The lowest BCUT2D eigenvalue weighted by Gasteiger charge is -2.24. The van der Waals surface area contributed by atoms with Gasteiger partial charge in [-0.05, 0) is 23.8 Å². The third-order valence-electron chi connectivity index (χ3n) is 3.67. The zero-order chi connectivity index (χ0) is 22.4. The second-order valence-corrected chi connectivity index (χ2v) is 8.13. The largest absolute Gasteiger partial charge is 0.452 e. The topological polar surface area (TPSA) is 92.8 Å². The van der Waals surface area contributed by atoms with Crippen molar-refractivity contribution in [2.24, 2.45) is 0 Å². The number of hydrogen-bond acceptors (Lipinski definition) is 5. The second-order valence-electron chi connectivity index (χ2n) is 6.38. The first kappa shape index (κ1) is 23.2. The molecule has 0 heterocycles. The molecule has 0 spiro atoms. The van der Waals surface area contributed by atoms with E-state index >= 15 is 0 Å². The van der Waals surface area contributed by atoms with E-state index in [1.807, 2.05) is 0 Å². The normalized spacial score (nSPS) is 11.6. The molecule has 11 heteroatoms. The number of rotatable bonds is 8. The van der Waals surface area contributed by atoms with E-state index in [0.717, 1.165) is 6.26 Å². The molecule has 2 aromatic carbocycles. The Labute approximate surface area is 171 Å². The van der Waals surface area contributed by atoms with Crippen molar-refractivity contribution in [3.05, 3.63) is 65.7 Å². The van der Waals surface area contributed by atoms with Crippen LogP contribution in [0.5, 0.6) is 0 Å². The number of carbonyl (C=O) groups excluding carboxylic acids is 2. The molecule has 0 unspecified atom stereocenters. The molecule has 1 N–H and O–H groups in total. The molecule has 0 aliphatic rings. The van der Waals surface area contributed by atoms with E-state index in [2.05, 4.69) is 4.72 Å². The molecule has 7 nitrogen and oxygen atoms in total. The Morgan fingerprint density at radius 2 is 1.73 bits per heavy atom. The Bertz CT molecular complexity index is 995. The van der Waals surface area contributed by atoms with Gasteiger partial charge in [0, 0.05) is 12.2 Å². The number of amides is 1. The average molecular weight is 444 g/mol. The summed E-state index contributed by atoms with van der Waals surface area (Å²) in [6.07, 6.45) is -3.70. The smallest absolute Gasteiger partial charge is 0.406 e. The minimum absolute atomic E-state index is 0.0677. The predicted octanol–water partition coefficient (Wildman–Crippen LogP) is 2.81. The summed E-state index contributed by atoms with van der Waals surface area (Å²) in [6, 6.07) is 13.4. The number of ether oxygens (including phenoxy) is 1. The van der Waals surface area contributed by atoms with Gasteiger partial charge in [-0.15, -0.1) is 0 Å². The number of nitrogens with zero attached hydrogens (tertiary/aromatic N) is 1. The monoisotopic (exact) mass is 444 g/mol. The summed E-state index contributed by atoms with van der Waals surface area (Å²) in [5.74, 6) is -2.00. The molecule has 0 radical (unpaired) electrons. The maximum absolute atomic E-state index is 12.9. The van der Waals surface area contributed by atoms with Crippen LogP contribution in [0, 0.1) is 0 Å². The summed E-state index contributed by atoms with van der Waals surface area (Å²) in [4.78, 5) is 25.0. The molecule has 1 amide bonds. The molecular weight excluding hydrogens is 425 g/mol. The molecule has 0 aliphatic heterocycles. The number of anilines is 1. The highest BCUT2D eigenvalue weighted by Crippen LogP contribution is 2.19. The second kappa shape index (κ2) is 9.61. The van der Waals surface area contributed by atoms with E-state index in [0.29, 0.717) is 10.5 Å². The molecule has 0 aromatic heterocycles. The van der Waals surface area contributed by atoms with E-state index in [-0.39, 0.29) is 17.8 Å². The summed E-state index contributed by atoms with van der Waals surface area (Å²) in [7, 11) is -3.57. The Balaban J connectivity index is 2.05. The van der Waals surface area contributed by atoms with Crippen LogP contribution in [0.25, 0.3) is 0 Å². The first-order valence-electron chi connectivity index (χ1n) is 8.56. The van der Waals surface area contributed by atoms with Crippen LogP contribution in [0.3, 0.4) is 0 Å². The van der Waals surface area contributed by atoms with Gasteiger partial charge in [0.2, 0.25) is 10.0 Å². The zero-order valence-corrected chi connectivity index (χ0v) is 16.7. The summed E-state index contributed by atoms with van der Waals surface area (Å²) in [6.45, 7) is -2.69. The number of benzene rings is 2. The highest BCUT2D eigenvalue weighted by atomic mass is 32.2. The molecule has 2 aromatic rings. The fraction of sp³-hybridized carbons (Fsp3) is 0.263. The molecule has 30 heavy (non-hydrogen) atoms. The van der Waals surface area contributed by atoms with E-state index in [1.165, 1.54) is 24.3 Å². The summed E-state index contributed by atoms with van der Waals surface area (Å²) < 4.78 is 68.1.